The second-order valence-corrected chi connectivity index (χ2v) is 5.48. The van der Waals surface area contributed by atoms with E-state index in [4.69, 9.17) is 4.74 Å². The monoisotopic (exact) mass is 279 g/mol. The quantitative estimate of drug-likeness (QED) is 0.883. The van der Waals surface area contributed by atoms with E-state index in [0.29, 0.717) is 12.3 Å². The molecule has 5 heteroatoms. The molecule has 0 bridgehead atoms. The number of carbonyl (C=O) groups is 1. The molecule has 0 spiro atoms. The van der Waals surface area contributed by atoms with Crippen molar-refractivity contribution in [3.8, 4) is 11.5 Å². The summed E-state index contributed by atoms with van der Waals surface area (Å²) in [5.41, 5.74) is 1.01. The van der Waals surface area contributed by atoms with Crippen molar-refractivity contribution >= 4 is 5.97 Å². The fraction of sp³-hybridized carbons (Fsp3) is 0.533. The number of hydrogen-bond acceptors (Lipinski definition) is 4. The van der Waals surface area contributed by atoms with E-state index in [0.717, 1.165) is 12.1 Å². The molecule has 1 unspecified atom stereocenters. The molecule has 0 radical (unpaired) electrons. The van der Waals surface area contributed by atoms with Crippen LogP contribution in [0.25, 0.3) is 0 Å². The first-order valence-corrected chi connectivity index (χ1v) is 6.77. The zero-order valence-corrected chi connectivity index (χ0v) is 12.0. The number of nitrogens with zero attached hydrogens (tertiary/aromatic N) is 1. The van der Waals surface area contributed by atoms with Gasteiger partial charge < -0.3 is 14.9 Å². The first-order chi connectivity index (χ1) is 9.43. The lowest BCUT2D eigenvalue weighted by molar-refractivity contribution is -0.142. The van der Waals surface area contributed by atoms with E-state index in [9.17, 15) is 15.0 Å². The molecule has 0 aliphatic carbocycles. The zero-order chi connectivity index (χ0) is 14.9. The number of likely N-dealkylation sites (tertiary alicyclic amines) is 1. The SMILES string of the molecule is COc1cc(C(C)N2C[C@@H](C)[C@H](C(=O)O)C2)ccc1O. The number of methoxy groups -OCH3 is 1. The van der Waals surface area contributed by atoms with Crippen molar-refractivity contribution in [3.63, 3.8) is 0 Å². The van der Waals surface area contributed by atoms with Gasteiger partial charge in [-0.3, -0.25) is 9.69 Å². The van der Waals surface area contributed by atoms with Gasteiger partial charge in [0.05, 0.1) is 13.0 Å². The van der Waals surface area contributed by atoms with Crippen LogP contribution in [0.2, 0.25) is 0 Å². The van der Waals surface area contributed by atoms with Crippen molar-refractivity contribution in [2.24, 2.45) is 11.8 Å². The molecule has 5 nitrogen and oxygen atoms in total. The summed E-state index contributed by atoms with van der Waals surface area (Å²) in [5, 5.41) is 18.8. The highest BCUT2D eigenvalue weighted by Crippen LogP contribution is 2.34. The van der Waals surface area contributed by atoms with E-state index in [-0.39, 0.29) is 23.6 Å². The first kappa shape index (κ1) is 14.7. The van der Waals surface area contributed by atoms with E-state index in [1.54, 1.807) is 12.1 Å². The Morgan fingerprint density at radius 2 is 2.15 bits per heavy atom. The number of phenols is 1. The van der Waals surface area contributed by atoms with E-state index in [1.807, 2.05) is 19.9 Å². The summed E-state index contributed by atoms with van der Waals surface area (Å²) in [4.78, 5) is 13.3. The number of carboxylic acid groups (broad SMARTS) is 1. The van der Waals surface area contributed by atoms with Crippen molar-refractivity contribution < 1.29 is 19.7 Å². The second-order valence-electron chi connectivity index (χ2n) is 5.48. The van der Waals surface area contributed by atoms with Crippen molar-refractivity contribution in [1.82, 2.24) is 4.90 Å². The van der Waals surface area contributed by atoms with Crippen molar-refractivity contribution in [1.29, 1.82) is 0 Å². The van der Waals surface area contributed by atoms with Crippen LogP contribution in [0.15, 0.2) is 18.2 Å². The third-order valence-corrected chi connectivity index (χ3v) is 4.19. The lowest BCUT2D eigenvalue weighted by atomic mass is 9.99. The van der Waals surface area contributed by atoms with E-state index in [2.05, 4.69) is 4.90 Å². The third kappa shape index (κ3) is 2.72. The number of aromatic hydroxyl groups is 1. The minimum absolute atomic E-state index is 0.0938. The molecule has 110 valence electrons. The average Bonchev–Trinajstić information content (AvgIpc) is 2.80. The summed E-state index contributed by atoms with van der Waals surface area (Å²) < 4.78 is 5.12. The Kier molecular flexibility index (Phi) is 4.18. The Labute approximate surface area is 118 Å². The van der Waals surface area contributed by atoms with E-state index >= 15 is 0 Å². The molecule has 20 heavy (non-hydrogen) atoms. The van der Waals surface area contributed by atoms with Gasteiger partial charge in [0, 0.05) is 19.1 Å². The summed E-state index contributed by atoms with van der Waals surface area (Å²) >= 11 is 0. The van der Waals surface area contributed by atoms with Gasteiger partial charge in [-0.1, -0.05) is 13.0 Å². The lowest BCUT2D eigenvalue weighted by Gasteiger charge is -2.25. The van der Waals surface area contributed by atoms with Gasteiger partial charge in [-0.05, 0) is 30.5 Å². The standard InChI is InChI=1S/C15H21NO4/c1-9-7-16(8-12(9)15(18)19)10(2)11-4-5-13(17)14(6-11)20-3/h4-6,9-10,12,17H,7-8H2,1-3H3,(H,18,19)/t9-,10?,12-/m1/s1. The molecule has 0 aromatic heterocycles. The van der Waals surface area contributed by atoms with Gasteiger partial charge in [0.2, 0.25) is 0 Å². The van der Waals surface area contributed by atoms with Gasteiger partial charge in [-0.2, -0.15) is 0 Å². The van der Waals surface area contributed by atoms with Crippen LogP contribution in [0.1, 0.15) is 25.5 Å². The average molecular weight is 279 g/mol. The minimum Gasteiger partial charge on any atom is -0.504 e. The molecule has 1 fully saturated rings. The number of carboxylic acids is 1. The predicted molar refractivity (Wildman–Crippen MR) is 74.9 cm³/mol. The number of aliphatic carboxylic acids is 1. The molecule has 1 saturated heterocycles. The predicted octanol–water partition coefficient (Wildman–Crippen LogP) is 2.11. The van der Waals surface area contributed by atoms with Crippen LogP contribution in [-0.2, 0) is 4.79 Å². The number of rotatable bonds is 4. The molecule has 0 saturated carbocycles. The molecule has 1 aliphatic heterocycles. The van der Waals surface area contributed by atoms with E-state index in [1.165, 1.54) is 7.11 Å². The van der Waals surface area contributed by atoms with Gasteiger partial charge in [-0.25, -0.2) is 0 Å². The van der Waals surface area contributed by atoms with Gasteiger partial charge in [0.1, 0.15) is 0 Å². The van der Waals surface area contributed by atoms with Crippen LogP contribution in [-0.4, -0.2) is 41.3 Å². The summed E-state index contributed by atoms with van der Waals surface area (Å²) in [6.07, 6.45) is 0. The van der Waals surface area contributed by atoms with Crippen LogP contribution in [0.3, 0.4) is 0 Å². The number of ether oxygens (including phenoxy) is 1. The maximum Gasteiger partial charge on any atom is 0.308 e. The molecule has 0 amide bonds. The molecule has 1 aromatic carbocycles. The molecule has 2 N–H and O–H groups in total. The normalized spacial score (nSPS) is 24.6. The van der Waals surface area contributed by atoms with Crippen molar-refractivity contribution in [2.75, 3.05) is 20.2 Å². The molecule has 1 heterocycles. The zero-order valence-electron chi connectivity index (χ0n) is 12.0. The topological polar surface area (TPSA) is 70.0 Å². The Hall–Kier alpha value is -1.75. The minimum atomic E-state index is -0.726. The Balaban J connectivity index is 2.16. The Morgan fingerprint density at radius 1 is 1.45 bits per heavy atom. The van der Waals surface area contributed by atoms with Crippen LogP contribution in [0.4, 0.5) is 0 Å². The molecule has 1 aromatic rings. The van der Waals surface area contributed by atoms with Crippen LogP contribution in [0, 0.1) is 11.8 Å². The van der Waals surface area contributed by atoms with Crippen molar-refractivity contribution in [3.05, 3.63) is 23.8 Å². The van der Waals surface area contributed by atoms with Crippen LogP contribution >= 0.6 is 0 Å². The first-order valence-electron chi connectivity index (χ1n) is 6.77. The largest absolute Gasteiger partial charge is 0.504 e. The van der Waals surface area contributed by atoms with Crippen LogP contribution < -0.4 is 4.74 Å². The second kappa shape index (κ2) is 5.71. The highest BCUT2D eigenvalue weighted by molar-refractivity contribution is 5.71. The van der Waals surface area contributed by atoms with Gasteiger partial charge in [-0.15, -0.1) is 0 Å². The molecule has 3 atom stereocenters. The molecule has 2 rings (SSSR count). The number of phenolic OH excluding ortho intramolecular Hbond substituents is 1. The summed E-state index contributed by atoms with van der Waals surface area (Å²) in [5.74, 6) is -0.334. The fourth-order valence-electron chi connectivity index (χ4n) is 2.81. The maximum absolute atomic E-state index is 11.2. The molecule has 1 aliphatic rings. The number of hydrogen-bond donors (Lipinski definition) is 2. The lowest BCUT2D eigenvalue weighted by Crippen LogP contribution is -2.26. The Bertz CT molecular complexity index is 503. The van der Waals surface area contributed by atoms with Gasteiger partial charge in [0.25, 0.3) is 0 Å². The van der Waals surface area contributed by atoms with Crippen LogP contribution in [0.5, 0.6) is 11.5 Å². The summed E-state index contributed by atoms with van der Waals surface area (Å²) in [6, 6.07) is 5.36. The third-order valence-electron chi connectivity index (χ3n) is 4.19. The highest BCUT2D eigenvalue weighted by Gasteiger charge is 2.36. The maximum atomic E-state index is 11.2. The summed E-state index contributed by atoms with van der Waals surface area (Å²) in [6.45, 7) is 5.34. The highest BCUT2D eigenvalue weighted by atomic mass is 16.5. The van der Waals surface area contributed by atoms with E-state index < -0.39 is 5.97 Å². The van der Waals surface area contributed by atoms with Crippen molar-refractivity contribution in [2.45, 2.75) is 19.9 Å². The number of benzene rings is 1. The smallest absolute Gasteiger partial charge is 0.308 e. The molecular formula is C15H21NO4. The summed E-state index contributed by atoms with van der Waals surface area (Å²) in [7, 11) is 1.52. The Morgan fingerprint density at radius 3 is 2.70 bits per heavy atom. The van der Waals surface area contributed by atoms with Gasteiger partial charge >= 0.3 is 5.97 Å². The molecular weight excluding hydrogens is 258 g/mol. The van der Waals surface area contributed by atoms with Gasteiger partial charge in [0.15, 0.2) is 11.5 Å². The fourth-order valence-corrected chi connectivity index (χ4v) is 2.81.